The summed E-state index contributed by atoms with van der Waals surface area (Å²) in [4.78, 5) is 0. The number of fused-ring (bicyclic) bond motifs is 3. The highest BCUT2D eigenvalue weighted by Gasteiger charge is 2.20. The van der Waals surface area contributed by atoms with E-state index in [1.165, 1.54) is 82.4 Å². The Morgan fingerprint density at radius 3 is 1.76 bits per heavy atom. The second-order valence-electron chi connectivity index (χ2n) is 12.4. The molecule has 0 nitrogen and oxygen atoms in total. The van der Waals surface area contributed by atoms with Crippen molar-refractivity contribution in [2.24, 2.45) is 5.92 Å². The van der Waals surface area contributed by atoms with Gasteiger partial charge in [-0.3, -0.25) is 0 Å². The molecule has 0 radical (unpaired) electrons. The molecule has 0 saturated carbocycles. The van der Waals surface area contributed by atoms with Crippen molar-refractivity contribution in [3.05, 3.63) is 168 Å². The Bertz CT molecular complexity index is 2210. The van der Waals surface area contributed by atoms with Crippen LogP contribution in [0.15, 0.2) is 152 Å². The van der Waals surface area contributed by atoms with Gasteiger partial charge in [0.2, 0.25) is 0 Å². The first-order chi connectivity index (χ1) is 22.6. The summed E-state index contributed by atoms with van der Waals surface area (Å²) in [6.07, 6.45) is 5.56. The van der Waals surface area contributed by atoms with Crippen molar-refractivity contribution in [1.82, 2.24) is 0 Å². The summed E-state index contributed by atoms with van der Waals surface area (Å²) in [5.74, 6) is 0.419. The molecule has 0 N–H and O–H groups in total. The highest BCUT2D eigenvalue weighted by molar-refractivity contribution is 6.23. The molecule has 0 aromatic heterocycles. The zero-order valence-electron chi connectivity index (χ0n) is 27.2. The lowest BCUT2D eigenvalue weighted by Gasteiger charge is -2.21. The van der Waals surface area contributed by atoms with Crippen LogP contribution in [0.25, 0.3) is 65.7 Å². The summed E-state index contributed by atoms with van der Waals surface area (Å²) < 4.78 is 0. The smallest absolute Gasteiger partial charge is 0.00201 e. The van der Waals surface area contributed by atoms with Gasteiger partial charge in [-0.1, -0.05) is 159 Å². The molecule has 46 heavy (non-hydrogen) atoms. The highest BCUT2D eigenvalue weighted by Crippen LogP contribution is 2.46. The third-order valence-corrected chi connectivity index (χ3v) is 9.62. The molecule has 0 spiro atoms. The predicted molar refractivity (Wildman–Crippen MR) is 202 cm³/mol. The van der Waals surface area contributed by atoms with E-state index in [4.69, 9.17) is 0 Å². The minimum atomic E-state index is 0.419. The number of hydrogen-bond donors (Lipinski definition) is 0. The van der Waals surface area contributed by atoms with Crippen LogP contribution >= 0.6 is 0 Å². The second-order valence-corrected chi connectivity index (χ2v) is 12.4. The van der Waals surface area contributed by atoms with E-state index in [2.05, 4.69) is 179 Å². The largest absolute Gasteiger partial charge is 0.0870 e. The van der Waals surface area contributed by atoms with E-state index in [9.17, 15) is 0 Å². The fraction of sp³-hybridized carbons (Fsp3) is 0.130. The minimum Gasteiger partial charge on any atom is -0.0870 e. The van der Waals surface area contributed by atoms with Gasteiger partial charge < -0.3 is 0 Å². The van der Waals surface area contributed by atoms with E-state index in [1.54, 1.807) is 0 Å². The first-order valence-corrected chi connectivity index (χ1v) is 16.6. The summed E-state index contributed by atoms with van der Waals surface area (Å²) >= 11 is 0. The van der Waals surface area contributed by atoms with Gasteiger partial charge in [0.15, 0.2) is 0 Å². The van der Waals surface area contributed by atoms with E-state index in [0.29, 0.717) is 5.92 Å². The maximum atomic E-state index is 2.41. The summed E-state index contributed by atoms with van der Waals surface area (Å²) in [5.41, 5.74) is 11.7. The number of aryl methyl sites for hydroxylation is 1. The molecule has 224 valence electrons. The molecule has 0 aliphatic carbocycles. The van der Waals surface area contributed by atoms with Gasteiger partial charge in [0.1, 0.15) is 0 Å². The van der Waals surface area contributed by atoms with Crippen LogP contribution in [0.5, 0.6) is 0 Å². The first kappa shape index (κ1) is 29.5. The number of allylic oxidation sites excluding steroid dienone is 4. The molecule has 0 saturated heterocycles. The highest BCUT2D eigenvalue weighted by atomic mass is 14.2. The fourth-order valence-electron chi connectivity index (χ4n) is 7.29. The molecular formula is C46H40. The molecule has 0 unspecified atom stereocenters. The zero-order chi connectivity index (χ0) is 31.6. The summed E-state index contributed by atoms with van der Waals surface area (Å²) in [5, 5.41) is 7.73. The lowest BCUT2D eigenvalue weighted by Crippen LogP contribution is -2.01. The lowest BCUT2D eigenvalue weighted by molar-refractivity contribution is 0.719. The van der Waals surface area contributed by atoms with Crippen molar-refractivity contribution < 1.29 is 0 Å². The zero-order valence-corrected chi connectivity index (χ0v) is 27.2. The van der Waals surface area contributed by atoms with E-state index in [-0.39, 0.29) is 0 Å². The standard InChI is InChI=1S/C46H40/c1-5-17-37(44(31(3)6-2)33-19-8-7-9-20-33)34-21-15-22-35(30-34)45-40-23-10-12-25-42(40)46(43-26-13-11-24-41(43)45)39-29-16-27-36-32(4)18-14-28-38(36)39/h5,7-31H,6H2,1-4H3/b17-5-,44-37-/t31-/m1/s1. The normalized spacial score (nSPS) is 13.0. The van der Waals surface area contributed by atoms with Gasteiger partial charge in [0.05, 0.1) is 0 Å². The van der Waals surface area contributed by atoms with Crippen molar-refractivity contribution in [3.8, 4) is 22.3 Å². The molecular weight excluding hydrogens is 553 g/mol. The van der Waals surface area contributed by atoms with E-state index >= 15 is 0 Å². The van der Waals surface area contributed by atoms with Crippen molar-refractivity contribution in [3.63, 3.8) is 0 Å². The van der Waals surface area contributed by atoms with Crippen LogP contribution in [0, 0.1) is 12.8 Å². The number of rotatable bonds is 7. The molecule has 0 amide bonds. The summed E-state index contributed by atoms with van der Waals surface area (Å²) in [6, 6.07) is 51.5. The van der Waals surface area contributed by atoms with Crippen molar-refractivity contribution >= 4 is 43.5 Å². The van der Waals surface area contributed by atoms with Crippen LogP contribution in [0.2, 0.25) is 0 Å². The molecule has 1 atom stereocenters. The van der Waals surface area contributed by atoms with Crippen LogP contribution in [-0.4, -0.2) is 0 Å². The van der Waals surface area contributed by atoms with Gasteiger partial charge in [-0.2, -0.15) is 0 Å². The van der Waals surface area contributed by atoms with Gasteiger partial charge in [0, 0.05) is 0 Å². The van der Waals surface area contributed by atoms with E-state index in [0.717, 1.165) is 6.42 Å². The molecule has 0 bridgehead atoms. The van der Waals surface area contributed by atoms with Crippen LogP contribution < -0.4 is 0 Å². The molecule has 0 fully saturated rings. The SMILES string of the molecule is C/C=C\C(=C(\c1ccccc1)[C@H](C)CC)c1cccc(-c2c3ccccc3c(-c3cccc4c(C)cccc34)c3ccccc23)c1. The Morgan fingerprint density at radius 2 is 1.11 bits per heavy atom. The Labute approximate surface area is 273 Å². The first-order valence-electron chi connectivity index (χ1n) is 16.6. The van der Waals surface area contributed by atoms with Crippen LogP contribution in [-0.2, 0) is 0 Å². The van der Waals surface area contributed by atoms with Crippen molar-refractivity contribution in [1.29, 1.82) is 0 Å². The average Bonchev–Trinajstić information content (AvgIpc) is 3.11. The summed E-state index contributed by atoms with van der Waals surface area (Å²) in [7, 11) is 0. The second kappa shape index (κ2) is 12.7. The third-order valence-electron chi connectivity index (χ3n) is 9.62. The molecule has 7 aromatic rings. The predicted octanol–water partition coefficient (Wildman–Crippen LogP) is 13.3. The molecule has 0 heteroatoms. The maximum absolute atomic E-state index is 2.41. The molecule has 7 rings (SSSR count). The summed E-state index contributed by atoms with van der Waals surface area (Å²) in [6.45, 7) is 8.97. The van der Waals surface area contributed by atoms with Crippen LogP contribution in [0.4, 0.5) is 0 Å². The van der Waals surface area contributed by atoms with E-state index < -0.39 is 0 Å². The molecule has 0 heterocycles. The average molecular weight is 593 g/mol. The number of benzene rings is 7. The van der Waals surface area contributed by atoms with Crippen molar-refractivity contribution in [2.45, 2.75) is 34.1 Å². The Hall–Kier alpha value is -5.20. The van der Waals surface area contributed by atoms with Gasteiger partial charge >= 0.3 is 0 Å². The van der Waals surface area contributed by atoms with Gasteiger partial charge in [-0.25, -0.2) is 0 Å². The molecule has 7 aromatic carbocycles. The quantitative estimate of drug-likeness (QED) is 0.0981. The van der Waals surface area contributed by atoms with Gasteiger partial charge in [-0.15, -0.1) is 0 Å². The van der Waals surface area contributed by atoms with Crippen molar-refractivity contribution in [2.75, 3.05) is 0 Å². The number of hydrogen-bond acceptors (Lipinski definition) is 0. The Balaban J connectivity index is 1.54. The molecule has 0 aliphatic rings. The third kappa shape index (κ3) is 5.15. The monoisotopic (exact) mass is 592 g/mol. The maximum Gasteiger partial charge on any atom is -0.00201 e. The van der Waals surface area contributed by atoms with Crippen LogP contribution in [0.1, 0.15) is 43.9 Å². The van der Waals surface area contributed by atoms with Crippen LogP contribution in [0.3, 0.4) is 0 Å². The van der Waals surface area contributed by atoms with Gasteiger partial charge in [-0.05, 0) is 115 Å². The van der Waals surface area contributed by atoms with Gasteiger partial charge in [0.25, 0.3) is 0 Å². The molecule has 0 aliphatic heterocycles. The fourth-order valence-corrected chi connectivity index (χ4v) is 7.29. The Kier molecular flexibility index (Phi) is 8.12. The topological polar surface area (TPSA) is 0 Å². The lowest BCUT2D eigenvalue weighted by atomic mass is 9.82. The Morgan fingerprint density at radius 1 is 0.565 bits per heavy atom. The minimum absolute atomic E-state index is 0.419. The van der Waals surface area contributed by atoms with E-state index in [1.807, 2.05) is 0 Å².